The van der Waals surface area contributed by atoms with E-state index in [1.165, 1.54) is 6.08 Å². The van der Waals surface area contributed by atoms with E-state index in [2.05, 4.69) is 5.32 Å². The summed E-state index contributed by atoms with van der Waals surface area (Å²) in [5, 5.41) is 2.82. The number of hydrogen-bond acceptors (Lipinski definition) is 5. The number of carbonyl (C=O) groups is 2. The number of nitrogens with zero attached hydrogens (tertiary/aromatic N) is 1. The molecule has 1 heterocycles. The van der Waals surface area contributed by atoms with Crippen LogP contribution in [0.25, 0.3) is 6.08 Å². The zero-order valence-corrected chi connectivity index (χ0v) is 18.4. The van der Waals surface area contributed by atoms with E-state index < -0.39 is 0 Å². The Bertz CT molecular complexity index is 1190. The smallest absolute Gasteiger partial charge is 0.265 e. The van der Waals surface area contributed by atoms with Crippen molar-refractivity contribution < 1.29 is 23.8 Å². The molecule has 0 bridgehead atoms. The van der Waals surface area contributed by atoms with Gasteiger partial charge in [-0.25, -0.2) is 0 Å². The minimum atomic E-state index is -0.294. The number of methoxy groups -OCH3 is 2. The highest BCUT2D eigenvalue weighted by molar-refractivity contribution is 6.03. The summed E-state index contributed by atoms with van der Waals surface area (Å²) in [4.78, 5) is 26.6. The van der Waals surface area contributed by atoms with Gasteiger partial charge in [0.1, 0.15) is 5.75 Å². The molecule has 2 amide bonds. The Morgan fingerprint density at radius 3 is 2.58 bits per heavy atom. The first kappa shape index (κ1) is 22.0. The van der Waals surface area contributed by atoms with Crippen LogP contribution >= 0.6 is 0 Å². The van der Waals surface area contributed by atoms with Crippen molar-refractivity contribution in [1.82, 2.24) is 0 Å². The summed E-state index contributed by atoms with van der Waals surface area (Å²) in [7, 11) is 3.13. The first-order chi connectivity index (χ1) is 16.1. The van der Waals surface area contributed by atoms with Gasteiger partial charge in [-0.1, -0.05) is 36.4 Å². The molecule has 0 spiro atoms. The van der Waals surface area contributed by atoms with Crippen LogP contribution in [0.2, 0.25) is 0 Å². The number of ether oxygens (including phenoxy) is 3. The van der Waals surface area contributed by atoms with Crippen molar-refractivity contribution in [3.05, 3.63) is 83.9 Å². The molecule has 1 aliphatic rings. The van der Waals surface area contributed by atoms with Gasteiger partial charge in [0.25, 0.3) is 5.91 Å². The van der Waals surface area contributed by atoms with Crippen LogP contribution in [0.15, 0.2) is 72.8 Å². The van der Waals surface area contributed by atoms with Gasteiger partial charge in [-0.3, -0.25) is 9.59 Å². The molecule has 1 N–H and O–H groups in total. The maximum atomic E-state index is 12.4. The molecule has 0 aromatic heterocycles. The molecule has 0 atom stereocenters. The average molecular weight is 444 g/mol. The van der Waals surface area contributed by atoms with Crippen LogP contribution in [0.5, 0.6) is 17.2 Å². The van der Waals surface area contributed by atoms with Crippen LogP contribution in [0.3, 0.4) is 0 Å². The van der Waals surface area contributed by atoms with Gasteiger partial charge >= 0.3 is 0 Å². The highest BCUT2D eigenvalue weighted by atomic mass is 16.5. The lowest BCUT2D eigenvalue weighted by atomic mass is 10.1. The first-order valence-electron chi connectivity index (χ1n) is 10.4. The van der Waals surface area contributed by atoms with Gasteiger partial charge in [-0.05, 0) is 41.5 Å². The van der Waals surface area contributed by atoms with E-state index in [0.29, 0.717) is 35.2 Å². The lowest BCUT2D eigenvalue weighted by Crippen LogP contribution is -2.38. The van der Waals surface area contributed by atoms with E-state index in [9.17, 15) is 9.59 Å². The maximum absolute atomic E-state index is 12.4. The fourth-order valence-corrected chi connectivity index (χ4v) is 3.53. The molecule has 4 rings (SSSR count). The summed E-state index contributed by atoms with van der Waals surface area (Å²) < 4.78 is 16.1. The van der Waals surface area contributed by atoms with Crippen molar-refractivity contribution >= 4 is 29.3 Å². The summed E-state index contributed by atoms with van der Waals surface area (Å²) in [6.07, 6.45) is 3.12. The van der Waals surface area contributed by atoms with Gasteiger partial charge in [0.15, 0.2) is 18.1 Å². The fraction of sp³-hybridized carbons (Fsp3) is 0.154. The second-order valence-corrected chi connectivity index (χ2v) is 7.37. The van der Waals surface area contributed by atoms with Crippen molar-refractivity contribution in [1.29, 1.82) is 0 Å². The second kappa shape index (κ2) is 9.91. The molecule has 0 saturated heterocycles. The molecule has 3 aromatic carbocycles. The minimum Gasteiger partial charge on any atom is -0.493 e. The third-order valence-corrected chi connectivity index (χ3v) is 5.19. The fourth-order valence-electron chi connectivity index (χ4n) is 3.53. The molecule has 0 fully saturated rings. The largest absolute Gasteiger partial charge is 0.493 e. The quantitative estimate of drug-likeness (QED) is 0.551. The Balaban J connectivity index is 1.46. The third kappa shape index (κ3) is 5.15. The Morgan fingerprint density at radius 2 is 1.82 bits per heavy atom. The Kier molecular flexibility index (Phi) is 6.59. The number of nitrogens with one attached hydrogen (secondary N) is 1. The number of carbonyl (C=O) groups excluding carboxylic acids is 2. The molecule has 3 aromatic rings. The highest BCUT2D eigenvalue weighted by Crippen LogP contribution is 2.35. The molecular weight excluding hydrogens is 420 g/mol. The van der Waals surface area contributed by atoms with Crippen LogP contribution in [0.4, 0.5) is 11.4 Å². The first-order valence-corrected chi connectivity index (χ1v) is 10.4. The molecular formula is C26H24N2O5. The van der Waals surface area contributed by atoms with E-state index in [1.807, 2.05) is 36.4 Å². The van der Waals surface area contributed by atoms with Crippen LogP contribution in [-0.4, -0.2) is 32.6 Å². The summed E-state index contributed by atoms with van der Waals surface area (Å²) in [5.41, 5.74) is 3.07. The summed E-state index contributed by atoms with van der Waals surface area (Å²) in [6.45, 7) is 0.409. The van der Waals surface area contributed by atoms with E-state index in [0.717, 1.165) is 11.1 Å². The number of anilines is 2. The van der Waals surface area contributed by atoms with E-state index >= 15 is 0 Å². The lowest BCUT2D eigenvalue weighted by Gasteiger charge is -2.29. The lowest BCUT2D eigenvalue weighted by molar-refractivity contribution is -0.121. The van der Waals surface area contributed by atoms with Crippen LogP contribution in [0, 0.1) is 0 Å². The predicted molar refractivity (Wildman–Crippen MR) is 127 cm³/mol. The van der Waals surface area contributed by atoms with Gasteiger partial charge in [-0.15, -0.1) is 0 Å². The van der Waals surface area contributed by atoms with Crippen molar-refractivity contribution in [2.75, 3.05) is 31.0 Å². The zero-order chi connectivity index (χ0) is 23.2. The maximum Gasteiger partial charge on any atom is 0.265 e. The summed E-state index contributed by atoms with van der Waals surface area (Å²) in [5.74, 6) is 1.35. The topological polar surface area (TPSA) is 77.1 Å². The Labute approximate surface area is 192 Å². The number of fused-ring (bicyclic) bond motifs is 1. The monoisotopic (exact) mass is 444 g/mol. The molecule has 1 aliphatic heterocycles. The van der Waals surface area contributed by atoms with Crippen LogP contribution in [0.1, 0.15) is 11.1 Å². The van der Waals surface area contributed by atoms with Crippen LogP contribution < -0.4 is 24.4 Å². The number of hydrogen-bond donors (Lipinski definition) is 1. The molecule has 0 unspecified atom stereocenters. The van der Waals surface area contributed by atoms with Gasteiger partial charge < -0.3 is 24.4 Å². The normalized spacial score (nSPS) is 12.8. The Morgan fingerprint density at radius 1 is 1.03 bits per heavy atom. The molecule has 0 radical (unpaired) electrons. The zero-order valence-electron chi connectivity index (χ0n) is 18.4. The molecule has 33 heavy (non-hydrogen) atoms. The van der Waals surface area contributed by atoms with E-state index in [-0.39, 0.29) is 18.4 Å². The van der Waals surface area contributed by atoms with Crippen molar-refractivity contribution in [2.24, 2.45) is 0 Å². The summed E-state index contributed by atoms with van der Waals surface area (Å²) in [6, 6.07) is 20.4. The number of rotatable bonds is 7. The third-order valence-electron chi connectivity index (χ3n) is 5.19. The minimum absolute atomic E-state index is 0.0452. The predicted octanol–water partition coefficient (Wildman–Crippen LogP) is 4.28. The number of benzene rings is 3. The number of amides is 2. The van der Waals surface area contributed by atoms with Crippen molar-refractivity contribution in [2.45, 2.75) is 6.54 Å². The van der Waals surface area contributed by atoms with Gasteiger partial charge in [0.2, 0.25) is 5.91 Å². The van der Waals surface area contributed by atoms with E-state index in [4.69, 9.17) is 14.2 Å². The molecule has 168 valence electrons. The molecule has 7 heteroatoms. The molecule has 7 nitrogen and oxygen atoms in total. The summed E-state index contributed by atoms with van der Waals surface area (Å²) >= 11 is 0. The standard InChI is InChI=1S/C26H24N2O5/c1-31-22-12-8-18(14-24(22)32-2)9-13-25(29)27-20-10-11-21-23(15-20)33-17-26(30)28(21)16-19-6-4-3-5-7-19/h3-15H,16-17H2,1-2H3,(H,27,29)/b13-9+. The molecule has 0 aliphatic carbocycles. The van der Waals surface area contributed by atoms with E-state index in [1.54, 1.807) is 55.5 Å². The second-order valence-electron chi connectivity index (χ2n) is 7.37. The van der Waals surface area contributed by atoms with Gasteiger partial charge in [0.05, 0.1) is 26.5 Å². The Hall–Kier alpha value is -4.26. The van der Waals surface area contributed by atoms with Crippen molar-refractivity contribution in [3.8, 4) is 17.2 Å². The highest BCUT2D eigenvalue weighted by Gasteiger charge is 2.26. The van der Waals surface area contributed by atoms with Gasteiger partial charge in [0, 0.05) is 17.8 Å². The molecule has 0 saturated carbocycles. The SMILES string of the molecule is COc1ccc(/C=C/C(=O)Nc2ccc3c(c2)OCC(=O)N3Cc2ccccc2)cc1OC. The van der Waals surface area contributed by atoms with Crippen molar-refractivity contribution in [3.63, 3.8) is 0 Å². The van der Waals surface area contributed by atoms with Crippen LogP contribution in [-0.2, 0) is 16.1 Å². The average Bonchev–Trinajstić information content (AvgIpc) is 2.85. The van der Waals surface area contributed by atoms with Gasteiger partial charge in [-0.2, -0.15) is 0 Å².